The van der Waals surface area contributed by atoms with Crippen LogP contribution in [0.2, 0.25) is 5.02 Å². The highest BCUT2D eigenvalue weighted by Crippen LogP contribution is 2.25. The second-order valence-corrected chi connectivity index (χ2v) is 6.13. The number of ether oxygens (including phenoxy) is 2. The third-order valence-corrected chi connectivity index (χ3v) is 3.98. The molecule has 0 saturated heterocycles. The first-order valence-corrected chi connectivity index (χ1v) is 8.51. The molecule has 2 aromatic rings. The lowest BCUT2D eigenvalue weighted by atomic mass is 10.1. The Bertz CT molecular complexity index is 834. The molecule has 0 bridgehead atoms. The van der Waals surface area contributed by atoms with Crippen LogP contribution in [0.15, 0.2) is 48.5 Å². The van der Waals surface area contributed by atoms with Gasteiger partial charge in [0.05, 0.1) is 20.8 Å². The van der Waals surface area contributed by atoms with Gasteiger partial charge in [0.1, 0.15) is 11.5 Å². The van der Waals surface area contributed by atoms with Crippen LogP contribution in [0.25, 0.3) is 6.08 Å². The summed E-state index contributed by atoms with van der Waals surface area (Å²) in [6.07, 6.45) is 3.00. The minimum Gasteiger partial charge on any atom is -0.497 e. The summed E-state index contributed by atoms with van der Waals surface area (Å²) in [6, 6.07) is 12.0. The van der Waals surface area contributed by atoms with E-state index in [-0.39, 0.29) is 18.4 Å². The maximum atomic E-state index is 12.3. The quantitative estimate of drug-likeness (QED) is 0.737. The predicted molar refractivity (Wildman–Crippen MR) is 106 cm³/mol. The Morgan fingerprint density at radius 2 is 1.81 bits per heavy atom. The monoisotopic (exact) mass is 388 g/mol. The smallest absolute Gasteiger partial charge is 0.246 e. The number of anilines is 1. The number of hydrogen-bond donors (Lipinski definition) is 1. The number of carbonyl (C=O) groups is 2. The molecular weight excluding hydrogens is 368 g/mol. The number of methoxy groups -OCH3 is 2. The van der Waals surface area contributed by atoms with E-state index in [9.17, 15) is 9.59 Å². The molecule has 2 amide bonds. The van der Waals surface area contributed by atoms with Crippen LogP contribution in [0.1, 0.15) is 5.56 Å². The molecule has 7 heteroatoms. The number of rotatable bonds is 7. The molecule has 142 valence electrons. The first-order valence-electron chi connectivity index (χ1n) is 8.13. The number of carbonyl (C=O) groups excluding carboxylic acids is 2. The maximum Gasteiger partial charge on any atom is 0.246 e. The molecule has 0 saturated carbocycles. The molecule has 0 heterocycles. The van der Waals surface area contributed by atoms with Gasteiger partial charge in [-0.15, -0.1) is 0 Å². The molecule has 0 aliphatic heterocycles. The van der Waals surface area contributed by atoms with Gasteiger partial charge in [-0.25, -0.2) is 0 Å². The number of benzene rings is 2. The van der Waals surface area contributed by atoms with E-state index >= 15 is 0 Å². The lowest BCUT2D eigenvalue weighted by Gasteiger charge is -2.15. The molecule has 0 aliphatic rings. The van der Waals surface area contributed by atoms with Crippen molar-refractivity contribution < 1.29 is 19.1 Å². The third kappa shape index (κ3) is 6.04. The van der Waals surface area contributed by atoms with Crippen LogP contribution in [0.3, 0.4) is 0 Å². The Balaban J connectivity index is 1.97. The predicted octanol–water partition coefficient (Wildman–Crippen LogP) is 3.47. The molecule has 0 unspecified atom stereocenters. The summed E-state index contributed by atoms with van der Waals surface area (Å²) in [4.78, 5) is 25.7. The Kier molecular flexibility index (Phi) is 7.25. The van der Waals surface area contributed by atoms with Gasteiger partial charge >= 0.3 is 0 Å². The van der Waals surface area contributed by atoms with Crippen LogP contribution in [-0.4, -0.2) is 44.5 Å². The third-order valence-electron chi connectivity index (χ3n) is 3.73. The minimum atomic E-state index is -0.314. The van der Waals surface area contributed by atoms with E-state index in [0.717, 1.165) is 0 Å². The molecule has 2 rings (SSSR count). The zero-order valence-corrected chi connectivity index (χ0v) is 16.1. The molecule has 0 fully saturated rings. The summed E-state index contributed by atoms with van der Waals surface area (Å²) in [7, 11) is 4.67. The van der Waals surface area contributed by atoms with Crippen molar-refractivity contribution in [3.05, 3.63) is 59.1 Å². The highest BCUT2D eigenvalue weighted by molar-refractivity contribution is 6.30. The summed E-state index contributed by atoms with van der Waals surface area (Å²) < 4.78 is 10.5. The Morgan fingerprint density at radius 3 is 2.44 bits per heavy atom. The van der Waals surface area contributed by atoms with Crippen molar-refractivity contribution in [3.8, 4) is 11.5 Å². The Hall–Kier alpha value is -2.99. The highest BCUT2D eigenvalue weighted by atomic mass is 35.5. The van der Waals surface area contributed by atoms with Crippen molar-refractivity contribution >= 4 is 35.2 Å². The lowest BCUT2D eigenvalue weighted by molar-refractivity contribution is -0.129. The van der Waals surface area contributed by atoms with Gasteiger partial charge in [-0.1, -0.05) is 11.6 Å². The Labute approximate surface area is 163 Å². The highest BCUT2D eigenvalue weighted by Gasteiger charge is 2.11. The lowest BCUT2D eigenvalue weighted by Crippen LogP contribution is -2.33. The summed E-state index contributed by atoms with van der Waals surface area (Å²) in [5.41, 5.74) is 1.31. The minimum absolute atomic E-state index is 0.0823. The van der Waals surface area contributed by atoms with E-state index in [0.29, 0.717) is 27.8 Å². The summed E-state index contributed by atoms with van der Waals surface area (Å²) in [5, 5.41) is 3.29. The van der Waals surface area contributed by atoms with Gasteiger partial charge in [0.25, 0.3) is 0 Å². The van der Waals surface area contributed by atoms with Crippen LogP contribution in [0.4, 0.5) is 5.69 Å². The first kappa shape index (κ1) is 20.3. The standard InChI is InChI=1S/C20H21ClN2O4/c1-23(13-19(24)22-16-7-5-15(21)6-8-16)20(25)11-4-14-12-17(26-2)9-10-18(14)27-3/h4-12H,13H2,1-3H3,(H,22,24)/b11-4+. The fourth-order valence-electron chi connectivity index (χ4n) is 2.29. The van der Waals surface area contributed by atoms with Crippen LogP contribution in [0.5, 0.6) is 11.5 Å². The molecule has 0 aromatic heterocycles. The van der Waals surface area contributed by atoms with Crippen molar-refractivity contribution in [1.82, 2.24) is 4.90 Å². The van der Waals surface area contributed by atoms with Gasteiger partial charge in [-0.3, -0.25) is 9.59 Å². The van der Waals surface area contributed by atoms with Crippen LogP contribution >= 0.6 is 11.6 Å². The van der Waals surface area contributed by atoms with E-state index in [4.69, 9.17) is 21.1 Å². The van der Waals surface area contributed by atoms with Crippen LogP contribution in [-0.2, 0) is 9.59 Å². The fraction of sp³-hybridized carbons (Fsp3) is 0.200. The number of nitrogens with one attached hydrogen (secondary N) is 1. The van der Waals surface area contributed by atoms with Crippen molar-refractivity contribution in [2.75, 3.05) is 33.1 Å². The molecule has 27 heavy (non-hydrogen) atoms. The van der Waals surface area contributed by atoms with Crippen molar-refractivity contribution in [3.63, 3.8) is 0 Å². The first-order chi connectivity index (χ1) is 12.9. The molecule has 0 spiro atoms. The fourth-order valence-corrected chi connectivity index (χ4v) is 2.41. The van der Waals surface area contributed by atoms with E-state index in [1.54, 1.807) is 69.8 Å². The molecule has 0 aliphatic carbocycles. The average Bonchev–Trinajstić information content (AvgIpc) is 2.67. The van der Waals surface area contributed by atoms with Crippen LogP contribution < -0.4 is 14.8 Å². The van der Waals surface area contributed by atoms with Crippen molar-refractivity contribution in [2.24, 2.45) is 0 Å². The molecule has 1 N–H and O–H groups in total. The van der Waals surface area contributed by atoms with Gasteiger partial charge < -0.3 is 19.7 Å². The maximum absolute atomic E-state index is 12.3. The molecular formula is C20H21ClN2O4. The number of amides is 2. The average molecular weight is 389 g/mol. The molecule has 6 nitrogen and oxygen atoms in total. The second kappa shape index (κ2) is 9.64. The topological polar surface area (TPSA) is 67.9 Å². The molecule has 0 radical (unpaired) electrons. The summed E-state index contributed by atoms with van der Waals surface area (Å²) in [5.74, 6) is 0.647. The molecule has 2 aromatic carbocycles. The van der Waals surface area contributed by atoms with Gasteiger partial charge in [0.15, 0.2) is 0 Å². The zero-order chi connectivity index (χ0) is 19.8. The van der Waals surface area contributed by atoms with E-state index < -0.39 is 0 Å². The summed E-state index contributed by atoms with van der Waals surface area (Å²) >= 11 is 5.81. The van der Waals surface area contributed by atoms with E-state index in [2.05, 4.69) is 5.32 Å². The van der Waals surface area contributed by atoms with Crippen LogP contribution in [0, 0.1) is 0 Å². The van der Waals surface area contributed by atoms with Gasteiger partial charge in [0.2, 0.25) is 11.8 Å². The number of hydrogen-bond acceptors (Lipinski definition) is 4. The van der Waals surface area contributed by atoms with Crippen molar-refractivity contribution in [1.29, 1.82) is 0 Å². The SMILES string of the molecule is COc1ccc(OC)c(/C=C/C(=O)N(C)CC(=O)Nc2ccc(Cl)cc2)c1. The van der Waals surface area contributed by atoms with E-state index in [1.165, 1.54) is 11.0 Å². The van der Waals surface area contributed by atoms with Gasteiger partial charge in [-0.05, 0) is 48.5 Å². The van der Waals surface area contributed by atoms with E-state index in [1.807, 2.05) is 0 Å². The largest absolute Gasteiger partial charge is 0.497 e. The number of likely N-dealkylation sites (N-methyl/N-ethyl adjacent to an activating group) is 1. The zero-order valence-electron chi connectivity index (χ0n) is 15.4. The number of nitrogens with zero attached hydrogens (tertiary/aromatic N) is 1. The molecule has 0 atom stereocenters. The normalized spacial score (nSPS) is 10.5. The van der Waals surface area contributed by atoms with Gasteiger partial charge in [-0.2, -0.15) is 0 Å². The van der Waals surface area contributed by atoms with Gasteiger partial charge in [0, 0.05) is 29.4 Å². The second-order valence-electron chi connectivity index (χ2n) is 5.69. The Morgan fingerprint density at radius 1 is 1.11 bits per heavy atom. The van der Waals surface area contributed by atoms with Crippen molar-refractivity contribution in [2.45, 2.75) is 0 Å². The summed E-state index contributed by atoms with van der Waals surface area (Å²) in [6.45, 7) is -0.0823. The number of halogens is 1.